The molecule has 114 valence electrons. The highest BCUT2D eigenvalue weighted by Crippen LogP contribution is 2.17. The van der Waals surface area contributed by atoms with Gasteiger partial charge in [-0.2, -0.15) is 0 Å². The lowest BCUT2D eigenvalue weighted by molar-refractivity contribution is -0.143. The van der Waals surface area contributed by atoms with Crippen LogP contribution in [0.5, 0.6) is 0 Å². The molecule has 0 radical (unpaired) electrons. The number of nitrogens with zero attached hydrogens (tertiary/aromatic N) is 1. The van der Waals surface area contributed by atoms with Crippen molar-refractivity contribution < 1.29 is 19.4 Å². The number of carbonyl (C=O) groups is 2. The number of carboxylic acid groups (broad SMARTS) is 1. The first kappa shape index (κ1) is 15.5. The number of ether oxygens (including phenoxy) is 1. The summed E-state index contributed by atoms with van der Waals surface area (Å²) >= 11 is 0. The summed E-state index contributed by atoms with van der Waals surface area (Å²) in [6, 6.07) is 7.90. The van der Waals surface area contributed by atoms with E-state index in [4.69, 9.17) is 9.84 Å². The average molecular weight is 291 g/mol. The second kappa shape index (κ2) is 7.22. The first-order valence-corrected chi connectivity index (χ1v) is 7.24. The molecule has 0 aliphatic carbocycles. The van der Waals surface area contributed by atoms with E-state index in [-0.39, 0.29) is 18.9 Å². The van der Waals surface area contributed by atoms with E-state index in [0.29, 0.717) is 13.2 Å². The number of amides is 1. The average Bonchev–Trinajstić information content (AvgIpc) is 2.98. The Kier molecular flexibility index (Phi) is 5.33. The van der Waals surface area contributed by atoms with Crippen LogP contribution in [0.1, 0.15) is 30.4 Å². The zero-order chi connectivity index (χ0) is 15.2. The number of hydrogen-bond donors (Lipinski definition) is 1. The molecule has 2 rings (SSSR count). The molecular formula is C16H21NO4. The van der Waals surface area contributed by atoms with Gasteiger partial charge in [0.25, 0.3) is 5.91 Å². The van der Waals surface area contributed by atoms with Crippen LogP contribution in [0, 0.1) is 6.92 Å². The lowest BCUT2D eigenvalue weighted by atomic mass is 10.1. The molecular weight excluding hydrogens is 270 g/mol. The smallest absolute Gasteiger partial charge is 0.305 e. The maximum atomic E-state index is 12.4. The number of aliphatic carboxylic acids is 1. The monoisotopic (exact) mass is 291 g/mol. The Morgan fingerprint density at radius 2 is 2.05 bits per heavy atom. The minimum Gasteiger partial charge on any atom is -0.481 e. The fraction of sp³-hybridized carbons (Fsp3) is 0.500. The molecule has 1 aromatic rings. The van der Waals surface area contributed by atoms with E-state index >= 15 is 0 Å². The van der Waals surface area contributed by atoms with Crippen LogP contribution in [0.25, 0.3) is 0 Å². The quantitative estimate of drug-likeness (QED) is 0.870. The second-order valence-electron chi connectivity index (χ2n) is 5.39. The van der Waals surface area contributed by atoms with E-state index in [0.717, 1.165) is 24.0 Å². The molecule has 5 heteroatoms. The summed E-state index contributed by atoms with van der Waals surface area (Å²) in [5.74, 6) is -1.00. The predicted molar refractivity (Wildman–Crippen MR) is 77.8 cm³/mol. The zero-order valence-corrected chi connectivity index (χ0v) is 12.2. The zero-order valence-electron chi connectivity index (χ0n) is 12.2. The van der Waals surface area contributed by atoms with Gasteiger partial charge >= 0.3 is 5.97 Å². The maximum Gasteiger partial charge on any atom is 0.305 e. The van der Waals surface area contributed by atoms with Crippen molar-refractivity contribution in [3.05, 3.63) is 35.4 Å². The van der Waals surface area contributed by atoms with E-state index < -0.39 is 12.1 Å². The first-order chi connectivity index (χ1) is 10.1. The molecule has 1 aliphatic heterocycles. The van der Waals surface area contributed by atoms with Crippen molar-refractivity contribution in [3.8, 4) is 0 Å². The van der Waals surface area contributed by atoms with Crippen LogP contribution < -0.4 is 0 Å². The minimum atomic E-state index is -0.899. The summed E-state index contributed by atoms with van der Waals surface area (Å²) in [4.78, 5) is 24.8. The van der Waals surface area contributed by atoms with Gasteiger partial charge in [0.15, 0.2) is 0 Å². The third kappa shape index (κ3) is 4.56. The van der Waals surface area contributed by atoms with Crippen LogP contribution >= 0.6 is 0 Å². The molecule has 0 aromatic heterocycles. The van der Waals surface area contributed by atoms with Crippen molar-refractivity contribution in [2.75, 3.05) is 13.2 Å². The van der Waals surface area contributed by atoms with E-state index in [1.54, 1.807) is 4.90 Å². The van der Waals surface area contributed by atoms with Gasteiger partial charge in [-0.05, 0) is 25.3 Å². The third-order valence-corrected chi connectivity index (χ3v) is 3.61. The lowest BCUT2D eigenvalue weighted by Crippen LogP contribution is -2.39. The van der Waals surface area contributed by atoms with Crippen molar-refractivity contribution in [2.45, 2.75) is 38.8 Å². The Hall–Kier alpha value is -1.88. The molecule has 1 aliphatic rings. The van der Waals surface area contributed by atoms with Crippen LogP contribution in [-0.2, 0) is 20.9 Å². The highest BCUT2D eigenvalue weighted by atomic mass is 16.5. The van der Waals surface area contributed by atoms with Crippen LogP contribution in [0.3, 0.4) is 0 Å². The standard InChI is InChI=1S/C16H21NO4/c1-12-4-6-13(7-5-12)11-17(9-8-15(18)19)16(20)14-3-2-10-21-14/h4-7,14H,2-3,8-11H2,1H3,(H,18,19). The fourth-order valence-corrected chi connectivity index (χ4v) is 2.39. The Labute approximate surface area is 124 Å². The van der Waals surface area contributed by atoms with E-state index in [9.17, 15) is 9.59 Å². The molecule has 21 heavy (non-hydrogen) atoms. The lowest BCUT2D eigenvalue weighted by Gasteiger charge is -2.25. The molecule has 1 atom stereocenters. The van der Waals surface area contributed by atoms with Crippen molar-refractivity contribution in [1.82, 2.24) is 4.90 Å². The number of aryl methyl sites for hydroxylation is 1. The van der Waals surface area contributed by atoms with Crippen LogP contribution in [0.15, 0.2) is 24.3 Å². The van der Waals surface area contributed by atoms with Crippen LogP contribution in [0.2, 0.25) is 0 Å². The summed E-state index contributed by atoms with van der Waals surface area (Å²) < 4.78 is 5.42. The predicted octanol–water partition coefficient (Wildman–Crippen LogP) is 1.98. The highest BCUT2D eigenvalue weighted by Gasteiger charge is 2.28. The van der Waals surface area contributed by atoms with Gasteiger partial charge in [-0.25, -0.2) is 0 Å². The van der Waals surface area contributed by atoms with Gasteiger partial charge < -0.3 is 14.7 Å². The number of benzene rings is 1. The fourth-order valence-electron chi connectivity index (χ4n) is 2.39. The highest BCUT2D eigenvalue weighted by molar-refractivity contribution is 5.81. The summed E-state index contributed by atoms with van der Waals surface area (Å²) in [6.45, 7) is 3.24. The van der Waals surface area contributed by atoms with E-state index in [1.165, 1.54) is 0 Å². The summed E-state index contributed by atoms with van der Waals surface area (Å²) in [5, 5.41) is 8.84. The Balaban J connectivity index is 2.05. The number of rotatable bonds is 6. The first-order valence-electron chi connectivity index (χ1n) is 7.24. The molecule has 0 bridgehead atoms. The summed E-state index contributed by atoms with van der Waals surface area (Å²) in [7, 11) is 0. The molecule has 1 amide bonds. The molecule has 1 saturated heterocycles. The number of hydrogen-bond acceptors (Lipinski definition) is 3. The van der Waals surface area contributed by atoms with Gasteiger partial charge in [0, 0.05) is 19.7 Å². The Bertz CT molecular complexity index is 492. The number of carboxylic acids is 1. The van der Waals surface area contributed by atoms with Gasteiger partial charge in [0.1, 0.15) is 6.10 Å². The Morgan fingerprint density at radius 3 is 2.62 bits per heavy atom. The second-order valence-corrected chi connectivity index (χ2v) is 5.39. The van der Waals surface area contributed by atoms with Crippen LogP contribution in [-0.4, -0.2) is 41.1 Å². The summed E-state index contributed by atoms with van der Waals surface area (Å²) in [5.41, 5.74) is 2.15. The molecule has 1 heterocycles. The van der Waals surface area contributed by atoms with E-state index in [1.807, 2.05) is 31.2 Å². The molecule has 0 spiro atoms. The summed E-state index contributed by atoms with van der Waals surface area (Å²) in [6.07, 6.45) is 1.14. The van der Waals surface area contributed by atoms with Gasteiger partial charge in [0.05, 0.1) is 6.42 Å². The molecule has 5 nitrogen and oxygen atoms in total. The van der Waals surface area contributed by atoms with Crippen molar-refractivity contribution in [3.63, 3.8) is 0 Å². The normalized spacial score (nSPS) is 17.7. The molecule has 1 N–H and O–H groups in total. The topological polar surface area (TPSA) is 66.8 Å². The van der Waals surface area contributed by atoms with Crippen LogP contribution in [0.4, 0.5) is 0 Å². The maximum absolute atomic E-state index is 12.4. The van der Waals surface area contributed by atoms with Gasteiger partial charge in [-0.3, -0.25) is 9.59 Å². The van der Waals surface area contributed by atoms with E-state index in [2.05, 4.69) is 0 Å². The Morgan fingerprint density at radius 1 is 1.33 bits per heavy atom. The minimum absolute atomic E-state index is 0.0513. The van der Waals surface area contributed by atoms with Gasteiger partial charge in [-0.1, -0.05) is 29.8 Å². The molecule has 0 saturated carbocycles. The number of carbonyl (C=O) groups excluding carboxylic acids is 1. The third-order valence-electron chi connectivity index (χ3n) is 3.61. The molecule has 1 aromatic carbocycles. The SMILES string of the molecule is Cc1ccc(CN(CCC(=O)O)C(=O)C2CCCO2)cc1. The van der Waals surface area contributed by atoms with Crippen molar-refractivity contribution in [2.24, 2.45) is 0 Å². The molecule has 1 fully saturated rings. The molecule has 1 unspecified atom stereocenters. The van der Waals surface area contributed by atoms with Gasteiger partial charge in [0.2, 0.25) is 0 Å². The largest absolute Gasteiger partial charge is 0.481 e. The van der Waals surface area contributed by atoms with Gasteiger partial charge in [-0.15, -0.1) is 0 Å². The van der Waals surface area contributed by atoms with Crippen molar-refractivity contribution >= 4 is 11.9 Å². The van der Waals surface area contributed by atoms with Crippen molar-refractivity contribution in [1.29, 1.82) is 0 Å².